The fraction of sp³-hybridized carbons (Fsp3) is 0.207. The van der Waals surface area contributed by atoms with Gasteiger partial charge in [-0.1, -0.05) is 25.4 Å². The van der Waals surface area contributed by atoms with Crippen LogP contribution in [0.1, 0.15) is 36.8 Å². The van der Waals surface area contributed by atoms with E-state index in [1.54, 1.807) is 36.5 Å². The number of nitrogens with zero attached hydrogens (tertiary/aromatic N) is 2. The summed E-state index contributed by atoms with van der Waals surface area (Å²) in [5.74, 6) is -0.671. The highest BCUT2D eigenvalue weighted by atomic mass is 35.5. The molecule has 0 spiro atoms. The van der Waals surface area contributed by atoms with E-state index in [1.807, 2.05) is 19.9 Å². The summed E-state index contributed by atoms with van der Waals surface area (Å²) < 4.78 is 38.9. The minimum atomic E-state index is -0.741. The van der Waals surface area contributed by atoms with Gasteiger partial charge < -0.3 is 19.5 Å². The second-order valence-electron chi connectivity index (χ2n) is 8.42. The van der Waals surface area contributed by atoms with E-state index in [0.717, 1.165) is 11.6 Å². The summed E-state index contributed by atoms with van der Waals surface area (Å²) in [6.07, 6.45) is 3.28. The molecule has 0 bridgehead atoms. The van der Waals surface area contributed by atoms with Crippen LogP contribution in [0.25, 0.3) is 22.5 Å². The number of H-pyrrole nitrogens is 1. The van der Waals surface area contributed by atoms with Crippen molar-refractivity contribution in [3.05, 3.63) is 101 Å². The lowest BCUT2D eigenvalue weighted by molar-refractivity contribution is -0.121. The number of aromatic amines is 1. The van der Waals surface area contributed by atoms with Gasteiger partial charge in [0.15, 0.2) is 0 Å². The molecule has 0 saturated heterocycles. The zero-order chi connectivity index (χ0) is 27.9. The summed E-state index contributed by atoms with van der Waals surface area (Å²) in [4.78, 5) is 24.9. The predicted octanol–water partition coefficient (Wildman–Crippen LogP) is 6.83. The van der Waals surface area contributed by atoms with E-state index in [0.29, 0.717) is 44.8 Å². The number of benzene rings is 2. The molecule has 10 heteroatoms. The number of carbonyl (C=O) groups excluding carboxylic acids is 1. The Balaban J connectivity index is 0.00000172. The second kappa shape index (κ2) is 12.5. The SMILES string of the molecule is CC.COc1ccc2[nH]cc(CC(=O)NC(Cc3cc(F)cc(F)c3)c3cnc(-c4ccc(Cl)cc4)o3)c2n1. The number of rotatable bonds is 8. The fourth-order valence-corrected chi connectivity index (χ4v) is 4.19. The number of halogens is 3. The Labute approximate surface area is 229 Å². The number of hydrogen-bond acceptors (Lipinski definition) is 5. The average molecular weight is 553 g/mol. The molecule has 1 atom stereocenters. The molecule has 0 aliphatic heterocycles. The largest absolute Gasteiger partial charge is 0.481 e. The Bertz CT molecular complexity index is 1550. The third-order valence-corrected chi connectivity index (χ3v) is 6.04. The predicted molar refractivity (Wildman–Crippen MR) is 146 cm³/mol. The minimum absolute atomic E-state index is 0.00631. The third kappa shape index (κ3) is 6.80. The van der Waals surface area contributed by atoms with Gasteiger partial charge in [0.05, 0.1) is 36.8 Å². The molecule has 0 aliphatic carbocycles. The van der Waals surface area contributed by atoms with Crippen LogP contribution in [-0.2, 0) is 17.6 Å². The summed E-state index contributed by atoms with van der Waals surface area (Å²) in [6.45, 7) is 4.00. The Hall–Kier alpha value is -4.24. The molecular formula is C29H27ClF2N4O3. The maximum absolute atomic E-state index is 13.9. The van der Waals surface area contributed by atoms with Crippen LogP contribution in [0.2, 0.25) is 5.02 Å². The van der Waals surface area contributed by atoms with E-state index in [-0.39, 0.29) is 18.7 Å². The Morgan fingerprint density at radius 2 is 1.82 bits per heavy atom. The highest BCUT2D eigenvalue weighted by Gasteiger charge is 2.22. The Morgan fingerprint density at radius 1 is 1.10 bits per heavy atom. The van der Waals surface area contributed by atoms with Gasteiger partial charge in [0, 0.05) is 40.9 Å². The van der Waals surface area contributed by atoms with E-state index in [2.05, 4.69) is 20.3 Å². The monoisotopic (exact) mass is 552 g/mol. The molecule has 0 aliphatic rings. The molecular weight excluding hydrogens is 526 g/mol. The molecule has 3 aromatic heterocycles. The Kier molecular flexibility index (Phi) is 8.93. The molecule has 5 aromatic rings. The highest BCUT2D eigenvalue weighted by Crippen LogP contribution is 2.27. The first kappa shape index (κ1) is 27.8. The van der Waals surface area contributed by atoms with Crippen molar-refractivity contribution in [2.24, 2.45) is 0 Å². The van der Waals surface area contributed by atoms with Crippen molar-refractivity contribution in [2.75, 3.05) is 7.11 Å². The van der Waals surface area contributed by atoms with Gasteiger partial charge in [-0.15, -0.1) is 0 Å². The van der Waals surface area contributed by atoms with E-state index < -0.39 is 17.7 Å². The van der Waals surface area contributed by atoms with Crippen molar-refractivity contribution in [3.63, 3.8) is 0 Å². The van der Waals surface area contributed by atoms with Gasteiger partial charge >= 0.3 is 0 Å². The van der Waals surface area contributed by atoms with E-state index in [4.69, 9.17) is 20.8 Å². The maximum atomic E-state index is 13.9. The molecule has 5 rings (SSSR count). The summed E-state index contributed by atoms with van der Waals surface area (Å²) in [5, 5.41) is 3.48. The lowest BCUT2D eigenvalue weighted by Gasteiger charge is -2.17. The van der Waals surface area contributed by atoms with Gasteiger partial charge in [-0.05, 0) is 48.0 Å². The lowest BCUT2D eigenvalue weighted by Crippen LogP contribution is -2.31. The Morgan fingerprint density at radius 3 is 2.51 bits per heavy atom. The molecule has 3 heterocycles. The summed E-state index contributed by atoms with van der Waals surface area (Å²) >= 11 is 5.97. The standard InChI is InChI=1S/C27H21ClF2N4O3.C2H6/c1-36-25-7-6-21-26(34-25)17(13-31-21)11-24(35)33-22(10-15-8-19(29)12-20(30)9-15)23-14-32-27(37-23)16-2-4-18(28)5-3-16;1-2/h2-9,12-14,22,31H,10-11H2,1H3,(H,33,35);1-2H3. The lowest BCUT2D eigenvalue weighted by atomic mass is 10.0. The first-order chi connectivity index (χ1) is 18.9. The number of oxazole rings is 1. The normalized spacial score (nSPS) is 11.5. The summed E-state index contributed by atoms with van der Waals surface area (Å²) in [7, 11) is 1.52. The number of aromatic nitrogens is 3. The van der Waals surface area contributed by atoms with E-state index in [9.17, 15) is 13.6 Å². The smallest absolute Gasteiger partial charge is 0.226 e. The number of carbonyl (C=O) groups is 1. The molecule has 2 aromatic carbocycles. The molecule has 0 saturated carbocycles. The van der Waals surface area contributed by atoms with Crippen LogP contribution >= 0.6 is 11.6 Å². The van der Waals surface area contributed by atoms with Crippen molar-refractivity contribution in [1.29, 1.82) is 0 Å². The van der Waals surface area contributed by atoms with Crippen molar-refractivity contribution in [2.45, 2.75) is 32.7 Å². The number of amides is 1. The molecule has 0 radical (unpaired) electrons. The highest BCUT2D eigenvalue weighted by molar-refractivity contribution is 6.30. The molecule has 39 heavy (non-hydrogen) atoms. The number of hydrogen-bond donors (Lipinski definition) is 2. The van der Waals surface area contributed by atoms with Gasteiger partial charge in [0.25, 0.3) is 0 Å². The number of ether oxygens (including phenoxy) is 1. The van der Waals surface area contributed by atoms with Gasteiger partial charge in [0.2, 0.25) is 17.7 Å². The van der Waals surface area contributed by atoms with E-state index in [1.165, 1.54) is 25.4 Å². The zero-order valence-corrected chi connectivity index (χ0v) is 22.4. The molecule has 1 amide bonds. The summed E-state index contributed by atoms with van der Waals surface area (Å²) in [5.41, 5.74) is 3.09. The van der Waals surface area contributed by atoms with Gasteiger partial charge in [-0.25, -0.2) is 18.7 Å². The zero-order valence-electron chi connectivity index (χ0n) is 21.6. The average Bonchev–Trinajstić information content (AvgIpc) is 3.57. The van der Waals surface area contributed by atoms with E-state index >= 15 is 0 Å². The van der Waals surface area contributed by atoms with Gasteiger partial charge in [-0.3, -0.25) is 4.79 Å². The fourth-order valence-electron chi connectivity index (χ4n) is 4.06. The molecule has 7 nitrogen and oxygen atoms in total. The van der Waals surface area contributed by atoms with Crippen LogP contribution in [0, 0.1) is 11.6 Å². The van der Waals surface area contributed by atoms with Crippen LogP contribution in [0.5, 0.6) is 5.88 Å². The van der Waals surface area contributed by atoms with Crippen LogP contribution in [-0.4, -0.2) is 28.0 Å². The van der Waals surface area contributed by atoms with Crippen LogP contribution in [0.15, 0.2) is 71.4 Å². The van der Waals surface area contributed by atoms with Gasteiger partial charge in [-0.2, -0.15) is 0 Å². The molecule has 0 fully saturated rings. The molecule has 2 N–H and O–H groups in total. The number of pyridine rings is 1. The van der Waals surface area contributed by atoms with Crippen LogP contribution in [0.4, 0.5) is 8.78 Å². The van der Waals surface area contributed by atoms with Crippen molar-refractivity contribution >= 4 is 28.5 Å². The number of methoxy groups -OCH3 is 1. The molecule has 1 unspecified atom stereocenters. The minimum Gasteiger partial charge on any atom is -0.481 e. The number of nitrogens with one attached hydrogen (secondary N) is 2. The summed E-state index contributed by atoms with van der Waals surface area (Å²) in [6, 6.07) is 13.0. The second-order valence-corrected chi connectivity index (χ2v) is 8.85. The van der Waals surface area contributed by atoms with Crippen molar-refractivity contribution in [1.82, 2.24) is 20.3 Å². The third-order valence-electron chi connectivity index (χ3n) is 5.79. The quantitative estimate of drug-likeness (QED) is 0.220. The van der Waals surface area contributed by atoms with Crippen LogP contribution in [0.3, 0.4) is 0 Å². The van der Waals surface area contributed by atoms with Crippen LogP contribution < -0.4 is 10.1 Å². The molecule has 202 valence electrons. The van der Waals surface area contributed by atoms with Gasteiger partial charge in [0.1, 0.15) is 17.4 Å². The first-order valence-corrected chi connectivity index (χ1v) is 12.7. The van der Waals surface area contributed by atoms with Crippen molar-refractivity contribution in [3.8, 4) is 17.3 Å². The number of fused-ring (bicyclic) bond motifs is 1. The topological polar surface area (TPSA) is 93.0 Å². The first-order valence-electron chi connectivity index (χ1n) is 12.3. The maximum Gasteiger partial charge on any atom is 0.226 e. The van der Waals surface area contributed by atoms with Crippen molar-refractivity contribution < 1.29 is 22.7 Å².